The normalized spacial score (nSPS) is 12.2. The fraction of sp³-hybridized carbons (Fsp3) is 0.188. The van der Waals surface area contributed by atoms with Crippen LogP contribution >= 0.6 is 0 Å². The monoisotopic (exact) mass is 276 g/mol. The van der Waals surface area contributed by atoms with Crippen LogP contribution in [0.5, 0.6) is 0 Å². The van der Waals surface area contributed by atoms with E-state index in [0.717, 1.165) is 0 Å². The highest BCUT2D eigenvalue weighted by molar-refractivity contribution is 5.69. The predicted octanol–water partition coefficient (Wildman–Crippen LogP) is 4.21. The first kappa shape index (κ1) is 14.2. The molecule has 0 saturated carbocycles. The van der Waals surface area contributed by atoms with Crippen LogP contribution < -0.4 is 0 Å². The molecular weight excluding hydrogens is 262 g/mol. The largest absolute Gasteiger partial charge is 0.481 e. The van der Waals surface area contributed by atoms with Crippen molar-refractivity contribution in [3.63, 3.8) is 0 Å². The summed E-state index contributed by atoms with van der Waals surface area (Å²) in [6.07, 6.45) is -0.0335. The summed E-state index contributed by atoms with van der Waals surface area (Å²) in [5, 5.41) is 8.80. The Morgan fingerprint density at radius 3 is 2.60 bits per heavy atom. The zero-order valence-electron chi connectivity index (χ0n) is 10.9. The van der Waals surface area contributed by atoms with Crippen LogP contribution in [0.2, 0.25) is 0 Å². The van der Waals surface area contributed by atoms with Crippen LogP contribution in [-0.4, -0.2) is 11.1 Å². The molecule has 0 radical (unpaired) electrons. The van der Waals surface area contributed by atoms with E-state index < -0.39 is 17.6 Å². The average Bonchev–Trinajstić information content (AvgIpc) is 2.38. The zero-order chi connectivity index (χ0) is 14.7. The van der Waals surface area contributed by atoms with E-state index in [1.807, 2.05) is 0 Å². The Morgan fingerprint density at radius 2 is 1.95 bits per heavy atom. The molecule has 0 bridgehead atoms. The second kappa shape index (κ2) is 5.82. The SMILES string of the molecule is CC(CC(=O)O)c1ccc(F)c(-c2cccc(F)c2)c1. The van der Waals surface area contributed by atoms with E-state index in [9.17, 15) is 13.6 Å². The third kappa shape index (κ3) is 3.20. The van der Waals surface area contributed by atoms with Crippen LogP contribution in [0.1, 0.15) is 24.8 Å². The molecular formula is C16H14F2O2. The molecule has 0 fully saturated rings. The maximum absolute atomic E-state index is 13.9. The number of carbonyl (C=O) groups is 1. The zero-order valence-corrected chi connectivity index (χ0v) is 10.9. The first-order valence-corrected chi connectivity index (χ1v) is 6.24. The Kier molecular flexibility index (Phi) is 4.13. The molecule has 0 aromatic heterocycles. The van der Waals surface area contributed by atoms with E-state index in [4.69, 9.17) is 5.11 Å². The molecule has 0 aliphatic heterocycles. The summed E-state index contributed by atoms with van der Waals surface area (Å²) in [5.41, 5.74) is 1.43. The summed E-state index contributed by atoms with van der Waals surface area (Å²) in [5.74, 6) is -2.04. The van der Waals surface area contributed by atoms with Gasteiger partial charge in [-0.25, -0.2) is 8.78 Å². The number of carboxylic acids is 1. The van der Waals surface area contributed by atoms with Crippen molar-refractivity contribution >= 4 is 5.97 Å². The van der Waals surface area contributed by atoms with Crippen molar-refractivity contribution in [2.24, 2.45) is 0 Å². The molecule has 0 amide bonds. The minimum Gasteiger partial charge on any atom is -0.481 e. The number of carboxylic acid groups (broad SMARTS) is 1. The van der Waals surface area contributed by atoms with Crippen LogP contribution in [0, 0.1) is 11.6 Å². The minimum absolute atomic E-state index is 0.0335. The molecule has 0 aliphatic rings. The smallest absolute Gasteiger partial charge is 0.303 e. The van der Waals surface area contributed by atoms with Gasteiger partial charge in [0.05, 0.1) is 6.42 Å². The second-order valence-electron chi connectivity index (χ2n) is 4.75. The Labute approximate surface area is 115 Å². The lowest BCUT2D eigenvalue weighted by molar-refractivity contribution is -0.137. The predicted molar refractivity (Wildman–Crippen MR) is 72.5 cm³/mol. The maximum atomic E-state index is 13.9. The van der Waals surface area contributed by atoms with Crippen molar-refractivity contribution < 1.29 is 18.7 Å². The number of aliphatic carboxylic acids is 1. The number of benzene rings is 2. The van der Waals surface area contributed by atoms with Gasteiger partial charge in [0, 0.05) is 5.56 Å². The Balaban J connectivity index is 2.41. The lowest BCUT2D eigenvalue weighted by Crippen LogP contribution is -2.03. The summed E-state index contributed by atoms with van der Waals surface area (Å²) < 4.78 is 27.1. The van der Waals surface area contributed by atoms with Gasteiger partial charge in [-0.05, 0) is 41.3 Å². The van der Waals surface area contributed by atoms with E-state index in [0.29, 0.717) is 11.1 Å². The van der Waals surface area contributed by atoms with Gasteiger partial charge in [0.2, 0.25) is 0 Å². The summed E-state index contributed by atoms with van der Waals surface area (Å²) in [6.45, 7) is 1.76. The number of rotatable bonds is 4. The molecule has 2 rings (SSSR count). The molecule has 1 unspecified atom stereocenters. The maximum Gasteiger partial charge on any atom is 0.303 e. The molecule has 0 aliphatic carbocycles. The van der Waals surface area contributed by atoms with Crippen molar-refractivity contribution in [2.75, 3.05) is 0 Å². The van der Waals surface area contributed by atoms with Crippen LogP contribution in [0.25, 0.3) is 11.1 Å². The lowest BCUT2D eigenvalue weighted by Gasteiger charge is -2.12. The van der Waals surface area contributed by atoms with Gasteiger partial charge >= 0.3 is 5.97 Å². The van der Waals surface area contributed by atoms with Crippen molar-refractivity contribution in [1.82, 2.24) is 0 Å². The molecule has 20 heavy (non-hydrogen) atoms. The van der Waals surface area contributed by atoms with Crippen molar-refractivity contribution in [1.29, 1.82) is 0 Å². The van der Waals surface area contributed by atoms with Gasteiger partial charge in [0.1, 0.15) is 11.6 Å². The van der Waals surface area contributed by atoms with Gasteiger partial charge in [0.25, 0.3) is 0 Å². The molecule has 104 valence electrons. The number of hydrogen-bond acceptors (Lipinski definition) is 1. The number of hydrogen-bond donors (Lipinski definition) is 1. The van der Waals surface area contributed by atoms with Gasteiger partial charge in [-0.2, -0.15) is 0 Å². The highest BCUT2D eigenvalue weighted by atomic mass is 19.1. The Morgan fingerprint density at radius 1 is 1.20 bits per heavy atom. The molecule has 4 heteroatoms. The average molecular weight is 276 g/mol. The molecule has 2 aromatic rings. The molecule has 2 nitrogen and oxygen atoms in total. The second-order valence-corrected chi connectivity index (χ2v) is 4.75. The van der Waals surface area contributed by atoms with Gasteiger partial charge in [-0.15, -0.1) is 0 Å². The lowest BCUT2D eigenvalue weighted by atomic mass is 9.94. The summed E-state index contributed by atoms with van der Waals surface area (Å²) in [6, 6.07) is 10.1. The first-order chi connectivity index (χ1) is 9.47. The number of halogens is 2. The highest BCUT2D eigenvalue weighted by Gasteiger charge is 2.13. The quantitative estimate of drug-likeness (QED) is 0.908. The molecule has 0 spiro atoms. The fourth-order valence-electron chi connectivity index (χ4n) is 2.11. The van der Waals surface area contributed by atoms with E-state index >= 15 is 0 Å². The van der Waals surface area contributed by atoms with Crippen molar-refractivity contribution in [3.8, 4) is 11.1 Å². The standard InChI is InChI=1S/C16H14F2O2/c1-10(7-16(19)20)11-5-6-15(18)14(9-11)12-3-2-4-13(17)8-12/h2-6,8-10H,7H2,1H3,(H,19,20). The van der Waals surface area contributed by atoms with Crippen molar-refractivity contribution in [2.45, 2.75) is 19.3 Å². The summed E-state index contributed by atoms with van der Waals surface area (Å²) in [7, 11) is 0. The van der Waals surface area contributed by atoms with Gasteiger partial charge < -0.3 is 5.11 Å². The third-order valence-corrected chi connectivity index (χ3v) is 3.18. The van der Waals surface area contributed by atoms with Gasteiger partial charge in [0.15, 0.2) is 0 Å². The van der Waals surface area contributed by atoms with E-state index in [1.165, 1.54) is 24.3 Å². The fourth-order valence-corrected chi connectivity index (χ4v) is 2.11. The van der Waals surface area contributed by atoms with Crippen LogP contribution in [0.15, 0.2) is 42.5 Å². The van der Waals surface area contributed by atoms with Crippen LogP contribution in [-0.2, 0) is 4.79 Å². The van der Waals surface area contributed by atoms with E-state index in [2.05, 4.69) is 0 Å². The Bertz CT molecular complexity index is 638. The molecule has 0 heterocycles. The highest BCUT2D eigenvalue weighted by Crippen LogP contribution is 2.28. The topological polar surface area (TPSA) is 37.3 Å². The van der Waals surface area contributed by atoms with E-state index in [-0.39, 0.29) is 17.9 Å². The molecule has 0 saturated heterocycles. The summed E-state index contributed by atoms with van der Waals surface area (Å²) >= 11 is 0. The van der Waals surface area contributed by atoms with Crippen LogP contribution in [0.4, 0.5) is 8.78 Å². The van der Waals surface area contributed by atoms with Gasteiger partial charge in [-0.1, -0.05) is 25.1 Å². The Hall–Kier alpha value is -2.23. The van der Waals surface area contributed by atoms with E-state index in [1.54, 1.807) is 25.1 Å². The molecule has 1 atom stereocenters. The van der Waals surface area contributed by atoms with Crippen LogP contribution in [0.3, 0.4) is 0 Å². The van der Waals surface area contributed by atoms with Crippen molar-refractivity contribution in [3.05, 3.63) is 59.7 Å². The minimum atomic E-state index is -0.908. The molecule has 2 aromatic carbocycles. The summed E-state index contributed by atoms with van der Waals surface area (Å²) in [4.78, 5) is 10.7. The first-order valence-electron chi connectivity index (χ1n) is 6.24. The van der Waals surface area contributed by atoms with Gasteiger partial charge in [-0.3, -0.25) is 4.79 Å². The third-order valence-electron chi connectivity index (χ3n) is 3.18. The molecule has 1 N–H and O–H groups in total.